The molecule has 1 heterocycles. The molecule has 0 fully saturated rings. The van der Waals surface area contributed by atoms with Gasteiger partial charge in [-0.1, -0.05) is 42.3 Å². The Hall–Kier alpha value is -2.17. The minimum Gasteiger partial charge on any atom is -0.370 e. The van der Waals surface area contributed by atoms with Gasteiger partial charge in [0.1, 0.15) is 0 Å². The molecule has 2 aromatic carbocycles. The quantitative estimate of drug-likeness (QED) is 0.470. The third-order valence-corrected chi connectivity index (χ3v) is 5.01. The van der Waals surface area contributed by atoms with Crippen molar-refractivity contribution in [2.45, 2.75) is 27.2 Å². The van der Waals surface area contributed by atoms with E-state index in [-0.39, 0.29) is 0 Å². The van der Waals surface area contributed by atoms with Gasteiger partial charge in [0.2, 0.25) is 5.95 Å². The van der Waals surface area contributed by atoms with Crippen LogP contribution in [-0.4, -0.2) is 22.6 Å². The van der Waals surface area contributed by atoms with E-state index in [9.17, 15) is 0 Å². The van der Waals surface area contributed by atoms with E-state index in [2.05, 4.69) is 60.0 Å². The summed E-state index contributed by atoms with van der Waals surface area (Å²) in [5.41, 5.74) is 3.96. The summed E-state index contributed by atoms with van der Waals surface area (Å²) in [7, 11) is 0. The predicted octanol–water partition coefficient (Wildman–Crippen LogP) is 6.81. The molecule has 142 valence electrons. The van der Waals surface area contributed by atoms with E-state index in [4.69, 9.17) is 28.2 Å². The molecule has 0 saturated heterocycles. The number of allylic oxidation sites excluding steroid dienone is 1. The molecule has 0 aliphatic heterocycles. The van der Waals surface area contributed by atoms with E-state index in [0.717, 1.165) is 42.2 Å². The molecule has 6 heteroatoms. The van der Waals surface area contributed by atoms with Crippen LogP contribution in [0.3, 0.4) is 0 Å². The minimum atomic E-state index is 0.560. The monoisotopic (exact) mass is 402 g/mol. The maximum atomic E-state index is 6.35. The highest BCUT2D eigenvalue weighted by molar-refractivity contribution is 6.36. The first-order chi connectivity index (χ1) is 13.1. The fourth-order valence-electron chi connectivity index (χ4n) is 3.11. The SMILES string of the molecule is CC/C=C\n1c(Nc2ccc(Cl)cc2Cl)nc2cccc(N(CC)CC)c21. The predicted molar refractivity (Wildman–Crippen MR) is 119 cm³/mol. The van der Waals surface area contributed by atoms with Crippen LogP contribution in [0.25, 0.3) is 17.2 Å². The lowest BCUT2D eigenvalue weighted by molar-refractivity contribution is 0.868. The molecule has 27 heavy (non-hydrogen) atoms. The molecule has 0 unspecified atom stereocenters. The first-order valence-corrected chi connectivity index (χ1v) is 9.99. The number of para-hydroxylation sites is 1. The summed E-state index contributed by atoms with van der Waals surface area (Å²) in [6, 6.07) is 11.6. The Bertz CT molecular complexity index is 958. The van der Waals surface area contributed by atoms with Gasteiger partial charge in [-0.3, -0.25) is 4.57 Å². The van der Waals surface area contributed by atoms with Crippen molar-refractivity contribution in [1.82, 2.24) is 9.55 Å². The first-order valence-electron chi connectivity index (χ1n) is 9.23. The topological polar surface area (TPSA) is 33.1 Å². The van der Waals surface area contributed by atoms with Crippen molar-refractivity contribution in [2.24, 2.45) is 0 Å². The van der Waals surface area contributed by atoms with E-state index in [0.29, 0.717) is 10.0 Å². The molecule has 3 aromatic rings. The summed E-state index contributed by atoms with van der Waals surface area (Å²) >= 11 is 12.4. The molecule has 0 amide bonds. The van der Waals surface area contributed by atoms with Gasteiger partial charge in [0.05, 0.1) is 27.4 Å². The fourth-order valence-corrected chi connectivity index (χ4v) is 3.56. The Labute approximate surface area is 170 Å². The highest BCUT2D eigenvalue weighted by atomic mass is 35.5. The normalized spacial score (nSPS) is 11.4. The van der Waals surface area contributed by atoms with Crippen LogP contribution in [0.5, 0.6) is 0 Å². The summed E-state index contributed by atoms with van der Waals surface area (Å²) < 4.78 is 2.09. The fraction of sp³-hybridized carbons (Fsp3) is 0.286. The summed E-state index contributed by atoms with van der Waals surface area (Å²) in [6.45, 7) is 8.31. The van der Waals surface area contributed by atoms with Crippen LogP contribution in [0.15, 0.2) is 42.5 Å². The van der Waals surface area contributed by atoms with Crippen molar-refractivity contribution in [3.8, 4) is 0 Å². The lowest BCUT2D eigenvalue weighted by atomic mass is 10.2. The van der Waals surface area contributed by atoms with E-state index < -0.39 is 0 Å². The second-order valence-corrected chi connectivity index (χ2v) is 7.01. The summed E-state index contributed by atoms with van der Waals surface area (Å²) in [6.07, 6.45) is 5.12. The Kier molecular flexibility index (Phi) is 6.30. The molecule has 1 aromatic heterocycles. The van der Waals surface area contributed by atoms with Crippen molar-refractivity contribution in [2.75, 3.05) is 23.3 Å². The van der Waals surface area contributed by atoms with E-state index in [1.165, 1.54) is 5.69 Å². The molecule has 0 aliphatic carbocycles. The second-order valence-electron chi connectivity index (χ2n) is 6.16. The standard InChI is InChI=1S/C21H24Cl2N4/c1-4-7-13-27-20-18(9-8-10-19(20)26(5-2)6-3)25-21(27)24-17-12-11-15(22)14-16(17)23/h7-14H,4-6H2,1-3H3,(H,24,25)/b13-7-. The molecular formula is C21H24Cl2N4. The molecule has 0 atom stereocenters. The van der Waals surface area contributed by atoms with Crippen LogP contribution in [0, 0.1) is 0 Å². The third-order valence-electron chi connectivity index (χ3n) is 4.46. The zero-order valence-electron chi connectivity index (χ0n) is 15.8. The lowest BCUT2D eigenvalue weighted by Gasteiger charge is -2.22. The van der Waals surface area contributed by atoms with E-state index in [1.54, 1.807) is 6.07 Å². The highest BCUT2D eigenvalue weighted by Crippen LogP contribution is 2.33. The number of benzene rings is 2. The van der Waals surface area contributed by atoms with Gasteiger partial charge in [0.15, 0.2) is 0 Å². The second kappa shape index (κ2) is 8.68. The van der Waals surface area contributed by atoms with E-state index >= 15 is 0 Å². The number of anilines is 3. The van der Waals surface area contributed by atoms with Crippen LogP contribution in [-0.2, 0) is 0 Å². The maximum absolute atomic E-state index is 6.35. The molecule has 0 saturated carbocycles. The zero-order valence-corrected chi connectivity index (χ0v) is 17.3. The van der Waals surface area contributed by atoms with Gasteiger partial charge in [-0.2, -0.15) is 0 Å². The average molecular weight is 403 g/mol. The average Bonchev–Trinajstić information content (AvgIpc) is 3.01. The Morgan fingerprint density at radius 2 is 1.89 bits per heavy atom. The third kappa shape index (κ3) is 4.07. The van der Waals surface area contributed by atoms with Gasteiger partial charge in [-0.15, -0.1) is 0 Å². The van der Waals surface area contributed by atoms with Crippen LogP contribution in [0.1, 0.15) is 27.2 Å². The zero-order chi connectivity index (χ0) is 19.4. The van der Waals surface area contributed by atoms with Gasteiger partial charge < -0.3 is 10.2 Å². The van der Waals surface area contributed by atoms with Gasteiger partial charge in [0, 0.05) is 24.3 Å². The Balaban J connectivity index is 2.17. The van der Waals surface area contributed by atoms with Crippen LogP contribution in [0.4, 0.5) is 17.3 Å². The van der Waals surface area contributed by atoms with E-state index in [1.807, 2.05) is 18.2 Å². The molecular weight excluding hydrogens is 379 g/mol. The summed E-state index contributed by atoms with van der Waals surface area (Å²) in [4.78, 5) is 7.15. The summed E-state index contributed by atoms with van der Waals surface area (Å²) in [5.74, 6) is 0.721. The Morgan fingerprint density at radius 1 is 1.11 bits per heavy atom. The number of rotatable bonds is 7. The van der Waals surface area contributed by atoms with Crippen LogP contribution in [0.2, 0.25) is 10.0 Å². The van der Waals surface area contributed by atoms with Gasteiger partial charge in [-0.05, 0) is 50.6 Å². The number of aromatic nitrogens is 2. The minimum absolute atomic E-state index is 0.560. The van der Waals surface area contributed by atoms with Crippen LogP contribution < -0.4 is 10.2 Å². The maximum Gasteiger partial charge on any atom is 0.212 e. The number of nitrogens with one attached hydrogen (secondary N) is 1. The van der Waals surface area contributed by atoms with Crippen molar-refractivity contribution in [3.05, 3.63) is 52.5 Å². The number of imidazole rings is 1. The van der Waals surface area contributed by atoms with Gasteiger partial charge in [-0.25, -0.2) is 4.98 Å². The smallest absolute Gasteiger partial charge is 0.212 e. The first kappa shape index (κ1) is 19.6. The van der Waals surface area contributed by atoms with Gasteiger partial charge in [0.25, 0.3) is 0 Å². The van der Waals surface area contributed by atoms with Crippen molar-refractivity contribution >= 4 is 57.8 Å². The largest absolute Gasteiger partial charge is 0.370 e. The van der Waals surface area contributed by atoms with Crippen molar-refractivity contribution in [1.29, 1.82) is 0 Å². The van der Waals surface area contributed by atoms with Gasteiger partial charge >= 0.3 is 0 Å². The molecule has 3 rings (SSSR count). The number of fused-ring (bicyclic) bond motifs is 1. The lowest BCUT2D eigenvalue weighted by Crippen LogP contribution is -2.22. The number of nitrogens with zero attached hydrogens (tertiary/aromatic N) is 3. The molecule has 0 radical (unpaired) electrons. The molecule has 0 bridgehead atoms. The number of halogens is 2. The van der Waals surface area contributed by atoms with Crippen molar-refractivity contribution in [3.63, 3.8) is 0 Å². The highest BCUT2D eigenvalue weighted by Gasteiger charge is 2.16. The number of hydrogen-bond acceptors (Lipinski definition) is 3. The summed E-state index contributed by atoms with van der Waals surface area (Å²) in [5, 5.41) is 4.53. The van der Waals surface area contributed by atoms with Crippen LogP contribution >= 0.6 is 23.2 Å². The van der Waals surface area contributed by atoms with Crippen molar-refractivity contribution < 1.29 is 0 Å². The number of hydrogen-bond donors (Lipinski definition) is 1. The molecule has 0 spiro atoms. The molecule has 4 nitrogen and oxygen atoms in total. The Morgan fingerprint density at radius 3 is 2.56 bits per heavy atom. The molecule has 0 aliphatic rings. The molecule has 1 N–H and O–H groups in total.